The molecule has 0 spiro atoms. The number of hydrogen-bond donors (Lipinski definition) is 0. The largest absolute Gasteiger partial charge is 0.294 e. The Morgan fingerprint density at radius 3 is 2.94 bits per heavy atom. The molecule has 0 aliphatic heterocycles. The SMILES string of the molecule is CC(=O)c1c(F)cccc1Sc1nncs1. The number of nitrogens with zero attached hydrogens (tertiary/aromatic N) is 2. The molecule has 0 atom stereocenters. The second kappa shape index (κ2) is 4.71. The van der Waals surface area contributed by atoms with Crippen molar-refractivity contribution < 1.29 is 9.18 Å². The number of rotatable bonds is 3. The average molecular weight is 254 g/mol. The van der Waals surface area contributed by atoms with Gasteiger partial charge in [0, 0.05) is 4.90 Å². The van der Waals surface area contributed by atoms with Gasteiger partial charge in [0.1, 0.15) is 11.3 Å². The van der Waals surface area contributed by atoms with Crippen LogP contribution in [0.25, 0.3) is 0 Å². The Hall–Kier alpha value is -1.27. The number of benzene rings is 1. The Morgan fingerprint density at radius 1 is 1.50 bits per heavy atom. The van der Waals surface area contributed by atoms with Crippen LogP contribution in [-0.2, 0) is 0 Å². The summed E-state index contributed by atoms with van der Waals surface area (Å²) in [5.74, 6) is -0.785. The average Bonchev–Trinajstić information content (AvgIpc) is 2.70. The number of hydrogen-bond acceptors (Lipinski definition) is 5. The van der Waals surface area contributed by atoms with E-state index < -0.39 is 5.82 Å². The lowest BCUT2D eigenvalue weighted by Crippen LogP contribution is -1.99. The fraction of sp³-hybridized carbons (Fsp3) is 0.100. The van der Waals surface area contributed by atoms with Crippen LogP contribution in [-0.4, -0.2) is 16.0 Å². The van der Waals surface area contributed by atoms with Crippen LogP contribution in [0.4, 0.5) is 4.39 Å². The van der Waals surface area contributed by atoms with Crippen molar-refractivity contribution in [2.24, 2.45) is 0 Å². The molecular formula is C10H7FN2OS2. The van der Waals surface area contributed by atoms with Crippen molar-refractivity contribution in [1.82, 2.24) is 10.2 Å². The summed E-state index contributed by atoms with van der Waals surface area (Å²) >= 11 is 2.60. The van der Waals surface area contributed by atoms with Gasteiger partial charge in [-0.25, -0.2) is 4.39 Å². The quantitative estimate of drug-likeness (QED) is 0.790. The zero-order valence-electron chi connectivity index (χ0n) is 8.31. The molecule has 1 heterocycles. The Bertz CT molecular complexity index is 514. The van der Waals surface area contributed by atoms with E-state index in [0.29, 0.717) is 9.24 Å². The molecule has 2 aromatic rings. The van der Waals surface area contributed by atoms with Crippen molar-refractivity contribution in [3.63, 3.8) is 0 Å². The van der Waals surface area contributed by atoms with Gasteiger partial charge in [-0.1, -0.05) is 29.2 Å². The molecule has 6 heteroatoms. The van der Waals surface area contributed by atoms with E-state index in [-0.39, 0.29) is 11.3 Å². The maximum absolute atomic E-state index is 13.5. The van der Waals surface area contributed by atoms with Crippen LogP contribution in [0.2, 0.25) is 0 Å². The normalized spacial score (nSPS) is 10.4. The summed E-state index contributed by atoms with van der Waals surface area (Å²) in [5, 5.41) is 7.52. The third kappa shape index (κ3) is 2.28. The van der Waals surface area contributed by atoms with Gasteiger partial charge < -0.3 is 0 Å². The lowest BCUT2D eigenvalue weighted by molar-refractivity contribution is 0.101. The Balaban J connectivity index is 2.40. The third-order valence-corrected chi connectivity index (χ3v) is 3.70. The van der Waals surface area contributed by atoms with Crippen LogP contribution in [0.15, 0.2) is 32.9 Å². The fourth-order valence-electron chi connectivity index (χ4n) is 1.23. The van der Waals surface area contributed by atoms with Crippen LogP contribution in [0.5, 0.6) is 0 Å². The molecule has 1 aromatic heterocycles. The van der Waals surface area contributed by atoms with Gasteiger partial charge >= 0.3 is 0 Å². The number of halogens is 1. The van der Waals surface area contributed by atoms with Crippen molar-refractivity contribution in [2.75, 3.05) is 0 Å². The van der Waals surface area contributed by atoms with Crippen LogP contribution in [0.3, 0.4) is 0 Å². The summed E-state index contributed by atoms with van der Waals surface area (Å²) in [6, 6.07) is 4.55. The van der Waals surface area contributed by atoms with Crippen molar-refractivity contribution in [1.29, 1.82) is 0 Å². The first-order valence-corrected chi connectivity index (χ1v) is 6.11. The highest BCUT2D eigenvalue weighted by molar-refractivity contribution is 8.01. The van der Waals surface area contributed by atoms with E-state index in [9.17, 15) is 9.18 Å². The molecular weight excluding hydrogens is 247 g/mol. The summed E-state index contributed by atoms with van der Waals surface area (Å²) in [6.45, 7) is 1.35. The highest BCUT2D eigenvalue weighted by Gasteiger charge is 2.14. The molecule has 2 rings (SSSR count). The van der Waals surface area contributed by atoms with Gasteiger partial charge in [0.25, 0.3) is 0 Å². The van der Waals surface area contributed by atoms with Gasteiger partial charge in [-0.05, 0) is 19.1 Å². The second-order valence-corrected chi connectivity index (χ2v) is 5.10. The predicted molar refractivity (Wildman–Crippen MR) is 60.4 cm³/mol. The predicted octanol–water partition coefficient (Wildman–Crippen LogP) is 3.03. The van der Waals surface area contributed by atoms with E-state index in [1.54, 1.807) is 17.6 Å². The standard InChI is InChI=1S/C10H7FN2OS2/c1-6(14)9-7(11)3-2-4-8(9)16-10-13-12-5-15-10/h2-5H,1H3. The summed E-state index contributed by atoms with van der Waals surface area (Å²) in [7, 11) is 0. The molecule has 0 amide bonds. The number of carbonyl (C=O) groups excluding carboxylic acids is 1. The number of aromatic nitrogens is 2. The molecule has 0 saturated carbocycles. The van der Waals surface area contributed by atoms with Gasteiger partial charge in [0.05, 0.1) is 5.56 Å². The van der Waals surface area contributed by atoms with Crippen LogP contribution < -0.4 is 0 Å². The molecule has 0 radical (unpaired) electrons. The van der Waals surface area contributed by atoms with E-state index in [1.165, 1.54) is 36.1 Å². The van der Waals surface area contributed by atoms with Gasteiger partial charge in [-0.15, -0.1) is 10.2 Å². The minimum absolute atomic E-state index is 0.114. The molecule has 0 fully saturated rings. The highest BCUT2D eigenvalue weighted by Crippen LogP contribution is 2.32. The van der Waals surface area contributed by atoms with Gasteiger partial charge in [-0.2, -0.15) is 0 Å². The topological polar surface area (TPSA) is 42.9 Å². The molecule has 82 valence electrons. The fourth-order valence-corrected chi connectivity index (χ4v) is 2.87. The van der Waals surface area contributed by atoms with E-state index in [0.717, 1.165) is 0 Å². The molecule has 0 aliphatic carbocycles. The van der Waals surface area contributed by atoms with Crippen molar-refractivity contribution in [3.8, 4) is 0 Å². The van der Waals surface area contributed by atoms with Gasteiger partial charge in [0.2, 0.25) is 0 Å². The molecule has 1 aromatic carbocycles. The lowest BCUT2D eigenvalue weighted by atomic mass is 10.1. The summed E-state index contributed by atoms with van der Waals surface area (Å²) in [5.41, 5.74) is 1.71. The zero-order chi connectivity index (χ0) is 11.5. The molecule has 16 heavy (non-hydrogen) atoms. The minimum Gasteiger partial charge on any atom is -0.294 e. The molecule has 3 nitrogen and oxygen atoms in total. The lowest BCUT2D eigenvalue weighted by Gasteiger charge is -2.04. The summed E-state index contributed by atoms with van der Waals surface area (Å²) in [4.78, 5) is 11.9. The van der Waals surface area contributed by atoms with Crippen LogP contribution >= 0.6 is 23.1 Å². The molecule has 0 aliphatic rings. The number of Topliss-reactive ketones (excluding diaryl/α,β-unsaturated/α-hetero) is 1. The first-order valence-electron chi connectivity index (χ1n) is 4.42. The maximum atomic E-state index is 13.5. The summed E-state index contributed by atoms with van der Waals surface area (Å²) in [6.07, 6.45) is 0. The maximum Gasteiger partial charge on any atom is 0.178 e. The van der Waals surface area contributed by atoms with Crippen molar-refractivity contribution in [2.45, 2.75) is 16.2 Å². The molecule has 0 N–H and O–H groups in total. The first kappa shape index (κ1) is 11.2. The van der Waals surface area contributed by atoms with E-state index in [2.05, 4.69) is 10.2 Å². The van der Waals surface area contributed by atoms with Gasteiger partial charge in [0.15, 0.2) is 10.1 Å². The minimum atomic E-state index is -0.498. The Labute approximate surface area is 99.7 Å². The molecule has 0 unspecified atom stereocenters. The zero-order valence-corrected chi connectivity index (χ0v) is 9.94. The molecule has 0 bridgehead atoms. The highest BCUT2D eigenvalue weighted by atomic mass is 32.2. The third-order valence-electron chi connectivity index (χ3n) is 1.86. The summed E-state index contributed by atoms with van der Waals surface area (Å²) < 4.78 is 14.2. The number of carbonyl (C=O) groups is 1. The van der Waals surface area contributed by atoms with Crippen LogP contribution in [0, 0.1) is 5.82 Å². The monoisotopic (exact) mass is 254 g/mol. The molecule has 0 saturated heterocycles. The van der Waals surface area contributed by atoms with E-state index in [4.69, 9.17) is 0 Å². The Morgan fingerprint density at radius 2 is 2.31 bits per heavy atom. The van der Waals surface area contributed by atoms with E-state index >= 15 is 0 Å². The van der Waals surface area contributed by atoms with Crippen molar-refractivity contribution >= 4 is 28.9 Å². The van der Waals surface area contributed by atoms with Crippen LogP contribution in [0.1, 0.15) is 17.3 Å². The van der Waals surface area contributed by atoms with E-state index in [1.807, 2.05) is 0 Å². The Kier molecular flexibility index (Phi) is 3.31. The first-order chi connectivity index (χ1) is 7.68. The second-order valence-electron chi connectivity index (χ2n) is 2.98. The smallest absolute Gasteiger partial charge is 0.178 e. The number of ketones is 1. The van der Waals surface area contributed by atoms with Crippen molar-refractivity contribution in [3.05, 3.63) is 35.1 Å². The van der Waals surface area contributed by atoms with Gasteiger partial charge in [-0.3, -0.25) is 4.79 Å².